The van der Waals surface area contributed by atoms with Crippen molar-refractivity contribution in [3.63, 3.8) is 0 Å². The standard InChI is InChI=1S/C15H16BrN3O2/c16-13-3-1-2-12(10-13)11-15(21)19-8-6-18(7-9-19)14(20)4-5-17/h1-3,10H,4,6-9,11H2. The first kappa shape index (κ1) is 15.5. The molecule has 1 aliphatic heterocycles. The van der Waals surface area contributed by atoms with Crippen molar-refractivity contribution in [2.24, 2.45) is 0 Å². The maximum Gasteiger partial charge on any atom is 0.236 e. The molecular weight excluding hydrogens is 334 g/mol. The Labute approximate surface area is 132 Å². The number of piperazine rings is 1. The van der Waals surface area contributed by atoms with E-state index in [1.807, 2.05) is 30.3 Å². The van der Waals surface area contributed by atoms with Crippen LogP contribution in [0.25, 0.3) is 0 Å². The number of rotatable bonds is 3. The van der Waals surface area contributed by atoms with E-state index in [2.05, 4.69) is 15.9 Å². The van der Waals surface area contributed by atoms with Crippen molar-refractivity contribution in [1.29, 1.82) is 5.26 Å². The highest BCUT2D eigenvalue weighted by Gasteiger charge is 2.23. The van der Waals surface area contributed by atoms with Gasteiger partial charge in [0.15, 0.2) is 0 Å². The minimum absolute atomic E-state index is 0.0699. The SMILES string of the molecule is N#CCC(=O)N1CCN(C(=O)Cc2cccc(Br)c2)CC1. The van der Waals surface area contributed by atoms with E-state index in [-0.39, 0.29) is 18.2 Å². The molecule has 0 spiro atoms. The molecule has 0 atom stereocenters. The second-order valence-electron chi connectivity index (χ2n) is 4.90. The second kappa shape index (κ2) is 7.23. The van der Waals surface area contributed by atoms with Crippen molar-refractivity contribution < 1.29 is 9.59 Å². The van der Waals surface area contributed by atoms with Gasteiger partial charge in [-0.25, -0.2) is 0 Å². The summed E-state index contributed by atoms with van der Waals surface area (Å²) in [5.41, 5.74) is 0.970. The van der Waals surface area contributed by atoms with Crippen LogP contribution in [0.15, 0.2) is 28.7 Å². The number of amides is 2. The third-order valence-corrected chi connectivity index (χ3v) is 3.95. The first-order valence-corrected chi connectivity index (χ1v) is 7.56. The Balaban J connectivity index is 1.86. The first-order valence-electron chi connectivity index (χ1n) is 6.77. The lowest BCUT2D eigenvalue weighted by atomic mass is 10.1. The van der Waals surface area contributed by atoms with Gasteiger partial charge in [-0.2, -0.15) is 5.26 Å². The van der Waals surface area contributed by atoms with Crippen LogP contribution in [-0.2, 0) is 16.0 Å². The monoisotopic (exact) mass is 349 g/mol. The van der Waals surface area contributed by atoms with E-state index in [1.165, 1.54) is 0 Å². The summed E-state index contributed by atoms with van der Waals surface area (Å²) in [5.74, 6) is -0.0860. The van der Waals surface area contributed by atoms with E-state index in [1.54, 1.807) is 9.80 Å². The van der Waals surface area contributed by atoms with Gasteiger partial charge in [-0.1, -0.05) is 28.1 Å². The van der Waals surface area contributed by atoms with Gasteiger partial charge in [0.2, 0.25) is 11.8 Å². The van der Waals surface area contributed by atoms with Crippen LogP contribution in [0.1, 0.15) is 12.0 Å². The summed E-state index contributed by atoms with van der Waals surface area (Å²) in [4.78, 5) is 27.3. The number of carbonyl (C=O) groups is 2. The van der Waals surface area contributed by atoms with Gasteiger partial charge in [-0.3, -0.25) is 9.59 Å². The number of nitrogens with zero attached hydrogens (tertiary/aromatic N) is 3. The van der Waals surface area contributed by atoms with E-state index in [0.717, 1.165) is 10.0 Å². The van der Waals surface area contributed by atoms with E-state index < -0.39 is 0 Å². The maximum absolute atomic E-state index is 12.2. The van der Waals surface area contributed by atoms with Crippen molar-refractivity contribution in [3.05, 3.63) is 34.3 Å². The summed E-state index contributed by atoms with van der Waals surface area (Å²) in [6.07, 6.45) is 0.275. The number of hydrogen-bond donors (Lipinski definition) is 0. The third kappa shape index (κ3) is 4.30. The molecule has 0 aliphatic carbocycles. The molecule has 5 nitrogen and oxygen atoms in total. The molecule has 1 saturated heterocycles. The molecule has 0 N–H and O–H groups in total. The first-order chi connectivity index (χ1) is 10.1. The van der Waals surface area contributed by atoms with Crippen molar-refractivity contribution in [2.75, 3.05) is 26.2 Å². The van der Waals surface area contributed by atoms with Gasteiger partial charge in [-0.05, 0) is 17.7 Å². The highest BCUT2D eigenvalue weighted by Crippen LogP contribution is 2.13. The lowest BCUT2D eigenvalue weighted by molar-refractivity contribution is -0.138. The Morgan fingerprint density at radius 2 is 1.76 bits per heavy atom. The molecule has 1 aliphatic rings. The van der Waals surface area contributed by atoms with Crippen LogP contribution in [0, 0.1) is 11.3 Å². The molecule has 2 amide bonds. The average Bonchev–Trinajstić information content (AvgIpc) is 2.47. The van der Waals surface area contributed by atoms with Crippen molar-refractivity contribution in [2.45, 2.75) is 12.8 Å². The fourth-order valence-corrected chi connectivity index (χ4v) is 2.76. The molecule has 1 aromatic carbocycles. The zero-order chi connectivity index (χ0) is 15.2. The highest BCUT2D eigenvalue weighted by atomic mass is 79.9. The van der Waals surface area contributed by atoms with Gasteiger partial charge in [0, 0.05) is 30.7 Å². The minimum atomic E-state index is -0.156. The molecule has 2 rings (SSSR count). The molecule has 110 valence electrons. The van der Waals surface area contributed by atoms with E-state index in [0.29, 0.717) is 32.6 Å². The molecule has 0 saturated carbocycles. The molecule has 6 heteroatoms. The van der Waals surface area contributed by atoms with Gasteiger partial charge >= 0.3 is 0 Å². The summed E-state index contributed by atoms with van der Waals surface area (Å²) in [6, 6.07) is 9.55. The van der Waals surface area contributed by atoms with Crippen LogP contribution in [-0.4, -0.2) is 47.8 Å². The topological polar surface area (TPSA) is 64.4 Å². The maximum atomic E-state index is 12.2. The Kier molecular flexibility index (Phi) is 5.34. The molecule has 0 unspecified atom stereocenters. The van der Waals surface area contributed by atoms with E-state index in [4.69, 9.17) is 5.26 Å². The zero-order valence-corrected chi connectivity index (χ0v) is 13.2. The van der Waals surface area contributed by atoms with E-state index >= 15 is 0 Å². The molecule has 1 heterocycles. The normalized spacial score (nSPS) is 14.7. The summed E-state index contributed by atoms with van der Waals surface area (Å²) < 4.78 is 0.958. The van der Waals surface area contributed by atoms with Crippen LogP contribution < -0.4 is 0 Å². The summed E-state index contributed by atoms with van der Waals surface area (Å²) in [5, 5.41) is 8.53. The fraction of sp³-hybridized carbons (Fsp3) is 0.400. The molecule has 1 aromatic rings. The summed E-state index contributed by atoms with van der Waals surface area (Å²) in [7, 11) is 0. The lowest BCUT2D eigenvalue weighted by Gasteiger charge is -2.34. The molecule has 0 aromatic heterocycles. The summed E-state index contributed by atoms with van der Waals surface area (Å²) in [6.45, 7) is 2.07. The predicted molar refractivity (Wildman–Crippen MR) is 81.2 cm³/mol. The molecule has 21 heavy (non-hydrogen) atoms. The van der Waals surface area contributed by atoms with Gasteiger partial charge in [-0.15, -0.1) is 0 Å². The second-order valence-corrected chi connectivity index (χ2v) is 5.82. The fourth-order valence-electron chi connectivity index (χ4n) is 2.32. The van der Waals surface area contributed by atoms with Crippen LogP contribution in [0.4, 0.5) is 0 Å². The van der Waals surface area contributed by atoms with Crippen LogP contribution in [0.5, 0.6) is 0 Å². The largest absolute Gasteiger partial charge is 0.339 e. The third-order valence-electron chi connectivity index (χ3n) is 3.46. The number of halogens is 1. The molecule has 1 fully saturated rings. The highest BCUT2D eigenvalue weighted by molar-refractivity contribution is 9.10. The molecular formula is C15H16BrN3O2. The van der Waals surface area contributed by atoms with Gasteiger partial charge in [0.05, 0.1) is 12.5 Å². The van der Waals surface area contributed by atoms with Crippen molar-refractivity contribution in [1.82, 2.24) is 9.80 Å². The molecule has 0 bridgehead atoms. The van der Waals surface area contributed by atoms with E-state index in [9.17, 15) is 9.59 Å². The Morgan fingerprint density at radius 1 is 1.14 bits per heavy atom. The van der Waals surface area contributed by atoms with Gasteiger partial charge in [0.1, 0.15) is 6.42 Å². The smallest absolute Gasteiger partial charge is 0.236 e. The van der Waals surface area contributed by atoms with Gasteiger partial charge in [0.25, 0.3) is 0 Å². The number of hydrogen-bond acceptors (Lipinski definition) is 3. The van der Waals surface area contributed by atoms with Gasteiger partial charge < -0.3 is 9.80 Å². The van der Waals surface area contributed by atoms with Crippen LogP contribution in [0.3, 0.4) is 0 Å². The number of nitriles is 1. The zero-order valence-electron chi connectivity index (χ0n) is 11.6. The van der Waals surface area contributed by atoms with Crippen molar-refractivity contribution in [3.8, 4) is 6.07 Å². The average molecular weight is 350 g/mol. The number of carbonyl (C=O) groups excluding carboxylic acids is 2. The summed E-state index contributed by atoms with van der Waals surface area (Å²) >= 11 is 3.39. The Hall–Kier alpha value is -1.87. The quantitative estimate of drug-likeness (QED) is 0.831. The Bertz CT molecular complexity index is 575. The van der Waals surface area contributed by atoms with Crippen LogP contribution in [0.2, 0.25) is 0 Å². The predicted octanol–water partition coefficient (Wildman–Crippen LogP) is 1.58. The lowest BCUT2D eigenvalue weighted by Crippen LogP contribution is -2.50. The Morgan fingerprint density at radius 3 is 2.33 bits per heavy atom. The number of benzene rings is 1. The molecule has 0 radical (unpaired) electrons. The van der Waals surface area contributed by atoms with Crippen molar-refractivity contribution >= 4 is 27.7 Å². The minimum Gasteiger partial charge on any atom is -0.339 e. The van der Waals surface area contributed by atoms with Crippen LogP contribution >= 0.6 is 15.9 Å².